The number of amides is 1. The zero-order valence-corrected chi connectivity index (χ0v) is 11.7. The molecular formula is C15H17ClFNO2. The Morgan fingerprint density at radius 3 is 2.90 bits per heavy atom. The summed E-state index contributed by atoms with van der Waals surface area (Å²) in [5, 5.41) is 12.2. The van der Waals surface area contributed by atoms with Gasteiger partial charge >= 0.3 is 0 Å². The Balaban J connectivity index is 2.06. The summed E-state index contributed by atoms with van der Waals surface area (Å²) in [5.41, 5.74) is 0.508. The van der Waals surface area contributed by atoms with Gasteiger partial charge in [-0.15, -0.1) is 0 Å². The summed E-state index contributed by atoms with van der Waals surface area (Å²) in [7, 11) is 0. The van der Waals surface area contributed by atoms with Gasteiger partial charge in [0.2, 0.25) is 5.91 Å². The van der Waals surface area contributed by atoms with E-state index in [0.29, 0.717) is 12.0 Å². The van der Waals surface area contributed by atoms with E-state index in [2.05, 4.69) is 11.4 Å². The van der Waals surface area contributed by atoms with Crippen molar-refractivity contribution in [2.45, 2.75) is 25.3 Å². The van der Waals surface area contributed by atoms with Crippen molar-refractivity contribution in [3.05, 3.63) is 46.8 Å². The monoisotopic (exact) mass is 297 g/mol. The van der Waals surface area contributed by atoms with E-state index in [1.165, 1.54) is 12.1 Å². The predicted octanol–water partition coefficient (Wildman–Crippen LogP) is 2.99. The SMILES string of the molecule is O=C(NC(CO)c1ccc(Cl)c(F)c1)C1CC=CCC1. The number of carbonyl (C=O) groups is 1. The molecular weight excluding hydrogens is 281 g/mol. The number of aliphatic hydroxyl groups is 1. The Kier molecular flexibility index (Phi) is 5.15. The summed E-state index contributed by atoms with van der Waals surface area (Å²) in [6, 6.07) is 3.65. The number of nitrogens with one attached hydrogen (secondary N) is 1. The first kappa shape index (κ1) is 15.0. The largest absolute Gasteiger partial charge is 0.394 e. The minimum atomic E-state index is -0.611. The second-order valence-corrected chi connectivity index (χ2v) is 5.31. The van der Waals surface area contributed by atoms with Crippen LogP contribution in [0.1, 0.15) is 30.9 Å². The van der Waals surface area contributed by atoms with Gasteiger partial charge in [0.1, 0.15) is 5.82 Å². The van der Waals surface area contributed by atoms with Gasteiger partial charge in [0.25, 0.3) is 0 Å². The maximum absolute atomic E-state index is 13.4. The van der Waals surface area contributed by atoms with Gasteiger partial charge in [0, 0.05) is 5.92 Å². The number of aliphatic hydroxyl groups excluding tert-OH is 1. The van der Waals surface area contributed by atoms with E-state index < -0.39 is 11.9 Å². The second-order valence-electron chi connectivity index (χ2n) is 4.90. The fourth-order valence-electron chi connectivity index (χ4n) is 2.28. The molecule has 20 heavy (non-hydrogen) atoms. The summed E-state index contributed by atoms with van der Waals surface area (Å²) in [6.45, 7) is -0.282. The van der Waals surface area contributed by atoms with Crippen LogP contribution in [0.2, 0.25) is 5.02 Å². The fourth-order valence-corrected chi connectivity index (χ4v) is 2.40. The van der Waals surface area contributed by atoms with Gasteiger partial charge in [-0.05, 0) is 37.0 Å². The highest BCUT2D eigenvalue weighted by Crippen LogP contribution is 2.22. The zero-order valence-electron chi connectivity index (χ0n) is 11.0. The standard InChI is InChI=1S/C15H17ClFNO2/c16-12-7-6-11(8-13(12)17)14(9-19)18-15(20)10-4-2-1-3-5-10/h1-2,6-8,10,14,19H,3-5,9H2,(H,18,20). The van der Waals surface area contributed by atoms with Gasteiger partial charge in [0.05, 0.1) is 17.7 Å². The topological polar surface area (TPSA) is 49.3 Å². The number of hydrogen-bond acceptors (Lipinski definition) is 2. The molecule has 0 fully saturated rings. The molecule has 0 bridgehead atoms. The van der Waals surface area contributed by atoms with E-state index in [1.807, 2.05) is 6.08 Å². The highest BCUT2D eigenvalue weighted by Gasteiger charge is 2.22. The number of allylic oxidation sites excluding steroid dienone is 2. The van der Waals surface area contributed by atoms with Crippen LogP contribution >= 0.6 is 11.6 Å². The van der Waals surface area contributed by atoms with Crippen LogP contribution in [0.3, 0.4) is 0 Å². The second kappa shape index (κ2) is 6.86. The molecule has 0 aromatic heterocycles. The third-order valence-corrected chi connectivity index (χ3v) is 3.79. The van der Waals surface area contributed by atoms with E-state index in [9.17, 15) is 14.3 Å². The normalized spacial score (nSPS) is 19.6. The van der Waals surface area contributed by atoms with Crippen LogP contribution in [0, 0.1) is 11.7 Å². The Morgan fingerprint density at radius 2 is 2.30 bits per heavy atom. The molecule has 2 unspecified atom stereocenters. The number of carbonyl (C=O) groups excluding carboxylic acids is 1. The summed E-state index contributed by atoms with van der Waals surface area (Å²) in [5.74, 6) is -0.743. The minimum Gasteiger partial charge on any atom is -0.394 e. The quantitative estimate of drug-likeness (QED) is 0.840. The van der Waals surface area contributed by atoms with Crippen LogP contribution in [0.4, 0.5) is 4.39 Å². The summed E-state index contributed by atoms with van der Waals surface area (Å²) < 4.78 is 13.4. The van der Waals surface area contributed by atoms with Crippen molar-refractivity contribution in [3.8, 4) is 0 Å². The van der Waals surface area contributed by atoms with E-state index in [1.54, 1.807) is 6.07 Å². The first-order valence-corrected chi connectivity index (χ1v) is 7.00. The molecule has 0 aliphatic heterocycles. The summed E-state index contributed by atoms with van der Waals surface area (Å²) >= 11 is 5.62. The molecule has 1 aromatic rings. The molecule has 1 aliphatic carbocycles. The van der Waals surface area contributed by atoms with E-state index in [4.69, 9.17) is 11.6 Å². The molecule has 2 atom stereocenters. The van der Waals surface area contributed by atoms with Crippen molar-refractivity contribution in [3.63, 3.8) is 0 Å². The van der Waals surface area contributed by atoms with Crippen molar-refractivity contribution >= 4 is 17.5 Å². The smallest absolute Gasteiger partial charge is 0.223 e. The number of benzene rings is 1. The Hall–Kier alpha value is -1.39. The van der Waals surface area contributed by atoms with Crippen molar-refractivity contribution in [1.29, 1.82) is 0 Å². The molecule has 0 radical (unpaired) electrons. The molecule has 0 heterocycles. The Labute approximate surface area is 122 Å². The lowest BCUT2D eigenvalue weighted by Gasteiger charge is -2.22. The molecule has 5 heteroatoms. The number of rotatable bonds is 4. The van der Waals surface area contributed by atoms with Gasteiger partial charge in [0.15, 0.2) is 0 Å². The average molecular weight is 298 g/mol. The lowest BCUT2D eigenvalue weighted by molar-refractivity contribution is -0.126. The van der Waals surface area contributed by atoms with Gasteiger partial charge in [-0.25, -0.2) is 4.39 Å². The minimum absolute atomic E-state index is 0.0224. The number of hydrogen-bond donors (Lipinski definition) is 2. The molecule has 0 saturated carbocycles. The van der Waals surface area contributed by atoms with E-state index in [0.717, 1.165) is 12.8 Å². The van der Waals surface area contributed by atoms with Crippen LogP contribution < -0.4 is 5.32 Å². The molecule has 2 rings (SSSR count). The molecule has 1 aromatic carbocycles. The third-order valence-electron chi connectivity index (χ3n) is 3.48. The molecule has 3 nitrogen and oxygen atoms in total. The highest BCUT2D eigenvalue weighted by atomic mass is 35.5. The van der Waals surface area contributed by atoms with Crippen molar-refractivity contribution in [1.82, 2.24) is 5.32 Å². The molecule has 1 aliphatic rings. The summed E-state index contributed by atoms with van der Waals surface area (Å²) in [6.07, 6.45) is 6.44. The van der Waals surface area contributed by atoms with Gasteiger partial charge < -0.3 is 10.4 Å². The first-order chi connectivity index (χ1) is 9.61. The van der Waals surface area contributed by atoms with Gasteiger partial charge in [-0.3, -0.25) is 4.79 Å². The predicted molar refractivity (Wildman–Crippen MR) is 75.9 cm³/mol. The Morgan fingerprint density at radius 1 is 1.50 bits per heavy atom. The van der Waals surface area contributed by atoms with Crippen LogP contribution in [0.25, 0.3) is 0 Å². The maximum Gasteiger partial charge on any atom is 0.223 e. The fraction of sp³-hybridized carbons (Fsp3) is 0.400. The highest BCUT2D eigenvalue weighted by molar-refractivity contribution is 6.30. The molecule has 0 spiro atoms. The third kappa shape index (κ3) is 3.58. The number of halogens is 2. The zero-order chi connectivity index (χ0) is 14.5. The van der Waals surface area contributed by atoms with Crippen molar-refractivity contribution in [2.75, 3.05) is 6.61 Å². The molecule has 0 saturated heterocycles. The van der Waals surface area contributed by atoms with Gasteiger partial charge in [-0.2, -0.15) is 0 Å². The average Bonchev–Trinajstić information content (AvgIpc) is 2.48. The molecule has 2 N–H and O–H groups in total. The van der Waals surface area contributed by atoms with Crippen LogP contribution in [0.15, 0.2) is 30.4 Å². The molecule has 1 amide bonds. The van der Waals surface area contributed by atoms with E-state index >= 15 is 0 Å². The maximum atomic E-state index is 13.4. The van der Waals surface area contributed by atoms with Crippen LogP contribution in [-0.2, 0) is 4.79 Å². The lowest BCUT2D eigenvalue weighted by atomic mass is 9.93. The van der Waals surface area contributed by atoms with E-state index in [-0.39, 0.29) is 23.5 Å². The van der Waals surface area contributed by atoms with Crippen LogP contribution in [0.5, 0.6) is 0 Å². The molecule has 108 valence electrons. The van der Waals surface area contributed by atoms with Crippen molar-refractivity contribution in [2.24, 2.45) is 5.92 Å². The first-order valence-electron chi connectivity index (χ1n) is 6.63. The summed E-state index contributed by atoms with van der Waals surface area (Å²) in [4.78, 5) is 12.1. The van der Waals surface area contributed by atoms with Crippen molar-refractivity contribution < 1.29 is 14.3 Å². The Bertz CT molecular complexity index is 519. The van der Waals surface area contributed by atoms with Gasteiger partial charge in [-0.1, -0.05) is 29.8 Å². The lowest BCUT2D eigenvalue weighted by Crippen LogP contribution is -2.36. The van der Waals surface area contributed by atoms with Crippen LogP contribution in [-0.4, -0.2) is 17.6 Å².